The molecule has 1 unspecified atom stereocenters. The molecule has 7 heteroatoms. The van der Waals surface area contributed by atoms with E-state index in [4.69, 9.17) is 4.74 Å². The molecule has 0 aliphatic carbocycles. The Morgan fingerprint density at radius 2 is 1.90 bits per heavy atom. The molecule has 0 aromatic carbocycles. The average Bonchev–Trinajstić information content (AvgIpc) is 2.35. The summed E-state index contributed by atoms with van der Waals surface area (Å²) in [5.41, 5.74) is -0.727. The fourth-order valence-electron chi connectivity index (χ4n) is 1.63. The molecule has 1 aromatic rings. The molecule has 0 radical (unpaired) electrons. The Labute approximate surface area is 116 Å². The van der Waals surface area contributed by atoms with Crippen LogP contribution in [0.2, 0.25) is 0 Å². The van der Waals surface area contributed by atoms with Crippen molar-refractivity contribution in [3.63, 3.8) is 0 Å². The van der Waals surface area contributed by atoms with Gasteiger partial charge in [0.25, 0.3) is 0 Å². The Balaban J connectivity index is 2.91. The topological polar surface area (TPSA) is 46.2 Å². The van der Waals surface area contributed by atoms with Gasteiger partial charge in [-0.25, -0.2) is 4.98 Å². The molecule has 1 atom stereocenters. The summed E-state index contributed by atoms with van der Waals surface area (Å²) in [5, 5.41) is 5.71. The van der Waals surface area contributed by atoms with Crippen LogP contribution >= 0.6 is 0 Å². The standard InChI is InChI=1S/C13H20F3N3O/c1-4-17-11-6-10(13(14,15)16)7-12(19-11)18-9(3)8-20-5-2/h6-7,9H,4-5,8H2,1-3H3,(H2,17,18,19). The monoisotopic (exact) mass is 291 g/mol. The van der Waals surface area contributed by atoms with E-state index in [-0.39, 0.29) is 17.7 Å². The number of anilines is 2. The molecular weight excluding hydrogens is 271 g/mol. The third kappa shape index (κ3) is 5.24. The molecule has 1 heterocycles. The van der Waals surface area contributed by atoms with Crippen LogP contribution in [0, 0.1) is 0 Å². The first-order valence-electron chi connectivity index (χ1n) is 6.54. The molecule has 1 rings (SSSR count). The smallest absolute Gasteiger partial charge is 0.380 e. The largest absolute Gasteiger partial charge is 0.416 e. The second kappa shape index (κ2) is 7.33. The van der Waals surface area contributed by atoms with Crippen LogP contribution in [0.5, 0.6) is 0 Å². The van der Waals surface area contributed by atoms with Crippen LogP contribution in [-0.2, 0) is 10.9 Å². The van der Waals surface area contributed by atoms with Gasteiger partial charge in [-0.2, -0.15) is 13.2 Å². The van der Waals surface area contributed by atoms with E-state index in [1.54, 1.807) is 6.92 Å². The van der Waals surface area contributed by atoms with Crippen LogP contribution in [-0.4, -0.2) is 30.8 Å². The second-order valence-corrected chi connectivity index (χ2v) is 4.36. The number of pyridine rings is 1. The van der Waals surface area contributed by atoms with Crippen molar-refractivity contribution in [2.75, 3.05) is 30.4 Å². The van der Waals surface area contributed by atoms with E-state index in [2.05, 4.69) is 15.6 Å². The van der Waals surface area contributed by atoms with E-state index in [0.717, 1.165) is 12.1 Å². The van der Waals surface area contributed by atoms with Crippen molar-refractivity contribution in [1.29, 1.82) is 0 Å². The molecule has 0 fully saturated rings. The van der Waals surface area contributed by atoms with Gasteiger partial charge < -0.3 is 15.4 Å². The van der Waals surface area contributed by atoms with Crippen LogP contribution < -0.4 is 10.6 Å². The van der Waals surface area contributed by atoms with E-state index in [9.17, 15) is 13.2 Å². The van der Waals surface area contributed by atoms with Gasteiger partial charge in [0.05, 0.1) is 12.2 Å². The number of nitrogens with one attached hydrogen (secondary N) is 2. The molecule has 1 aromatic heterocycles. The van der Waals surface area contributed by atoms with Crippen molar-refractivity contribution >= 4 is 11.6 Å². The number of nitrogens with zero attached hydrogens (tertiary/aromatic N) is 1. The van der Waals surface area contributed by atoms with Gasteiger partial charge in [-0.15, -0.1) is 0 Å². The number of halogens is 3. The lowest BCUT2D eigenvalue weighted by molar-refractivity contribution is -0.137. The number of rotatable bonds is 7. The fourth-order valence-corrected chi connectivity index (χ4v) is 1.63. The van der Waals surface area contributed by atoms with Crippen LogP contribution in [0.15, 0.2) is 12.1 Å². The van der Waals surface area contributed by atoms with Crippen molar-refractivity contribution < 1.29 is 17.9 Å². The van der Waals surface area contributed by atoms with Gasteiger partial charge in [0, 0.05) is 19.2 Å². The molecule has 114 valence electrons. The number of hydrogen-bond donors (Lipinski definition) is 2. The van der Waals surface area contributed by atoms with Gasteiger partial charge in [-0.3, -0.25) is 0 Å². The maximum absolute atomic E-state index is 12.8. The Bertz CT molecular complexity index is 424. The number of aromatic nitrogens is 1. The van der Waals surface area contributed by atoms with Crippen LogP contribution in [0.4, 0.5) is 24.8 Å². The van der Waals surface area contributed by atoms with Crippen molar-refractivity contribution in [2.24, 2.45) is 0 Å². The highest BCUT2D eigenvalue weighted by Gasteiger charge is 2.31. The molecule has 2 N–H and O–H groups in total. The van der Waals surface area contributed by atoms with Gasteiger partial charge in [-0.05, 0) is 32.9 Å². The number of ether oxygens (including phenoxy) is 1. The molecule has 0 spiro atoms. The van der Waals surface area contributed by atoms with Crippen LogP contribution in [0.1, 0.15) is 26.3 Å². The van der Waals surface area contributed by atoms with Gasteiger partial charge >= 0.3 is 6.18 Å². The lowest BCUT2D eigenvalue weighted by atomic mass is 10.2. The highest BCUT2D eigenvalue weighted by Crippen LogP contribution is 2.32. The summed E-state index contributed by atoms with van der Waals surface area (Å²) < 4.78 is 43.7. The zero-order valence-electron chi connectivity index (χ0n) is 11.8. The normalized spacial score (nSPS) is 13.1. The van der Waals surface area contributed by atoms with Gasteiger partial charge in [0.15, 0.2) is 0 Å². The molecule has 0 saturated carbocycles. The predicted octanol–water partition coefficient (Wildman–Crippen LogP) is 3.37. The molecule has 0 saturated heterocycles. The Morgan fingerprint density at radius 1 is 1.25 bits per heavy atom. The molecule has 4 nitrogen and oxygen atoms in total. The minimum atomic E-state index is -4.40. The SMILES string of the molecule is CCNc1cc(C(F)(F)F)cc(NC(C)COCC)n1. The first kappa shape index (κ1) is 16.6. The maximum Gasteiger partial charge on any atom is 0.416 e. The zero-order valence-corrected chi connectivity index (χ0v) is 11.8. The summed E-state index contributed by atoms with van der Waals surface area (Å²) >= 11 is 0. The highest BCUT2D eigenvalue weighted by atomic mass is 19.4. The van der Waals surface area contributed by atoms with E-state index < -0.39 is 11.7 Å². The summed E-state index contributed by atoms with van der Waals surface area (Å²) in [4.78, 5) is 4.11. The van der Waals surface area contributed by atoms with Crippen LogP contribution in [0.3, 0.4) is 0 Å². The average molecular weight is 291 g/mol. The molecule has 0 aliphatic heterocycles. The first-order chi connectivity index (χ1) is 9.36. The van der Waals surface area contributed by atoms with E-state index in [1.807, 2.05) is 13.8 Å². The van der Waals surface area contributed by atoms with E-state index in [1.165, 1.54) is 0 Å². The Morgan fingerprint density at radius 3 is 2.45 bits per heavy atom. The van der Waals surface area contributed by atoms with Gasteiger partial charge in [0.2, 0.25) is 0 Å². The summed E-state index contributed by atoms with van der Waals surface area (Å²) in [5.74, 6) is 0.386. The molecule has 0 amide bonds. The molecule has 0 aliphatic rings. The summed E-state index contributed by atoms with van der Waals surface area (Å²) in [7, 11) is 0. The summed E-state index contributed by atoms with van der Waals surface area (Å²) in [6.45, 7) is 6.95. The summed E-state index contributed by atoms with van der Waals surface area (Å²) in [6.07, 6.45) is -4.40. The van der Waals surface area contributed by atoms with Gasteiger partial charge in [0.1, 0.15) is 11.6 Å². The predicted molar refractivity (Wildman–Crippen MR) is 73.0 cm³/mol. The van der Waals surface area contributed by atoms with E-state index in [0.29, 0.717) is 19.8 Å². The van der Waals surface area contributed by atoms with Crippen LogP contribution in [0.25, 0.3) is 0 Å². The van der Waals surface area contributed by atoms with E-state index >= 15 is 0 Å². The minimum Gasteiger partial charge on any atom is -0.380 e. The number of hydrogen-bond acceptors (Lipinski definition) is 4. The maximum atomic E-state index is 12.8. The highest BCUT2D eigenvalue weighted by molar-refractivity contribution is 5.50. The lowest BCUT2D eigenvalue weighted by Gasteiger charge is -2.17. The van der Waals surface area contributed by atoms with Crippen molar-refractivity contribution in [3.05, 3.63) is 17.7 Å². The minimum absolute atomic E-state index is 0.125. The lowest BCUT2D eigenvalue weighted by Crippen LogP contribution is -2.23. The molecule has 0 bridgehead atoms. The second-order valence-electron chi connectivity index (χ2n) is 4.36. The molecule has 20 heavy (non-hydrogen) atoms. The first-order valence-corrected chi connectivity index (χ1v) is 6.54. The molecular formula is C13H20F3N3O. The Kier molecular flexibility index (Phi) is 6.06. The zero-order chi connectivity index (χ0) is 15.2. The fraction of sp³-hybridized carbons (Fsp3) is 0.615. The van der Waals surface area contributed by atoms with Gasteiger partial charge in [-0.1, -0.05) is 0 Å². The van der Waals surface area contributed by atoms with Crippen molar-refractivity contribution in [2.45, 2.75) is 33.0 Å². The number of alkyl halides is 3. The third-order valence-electron chi connectivity index (χ3n) is 2.48. The summed E-state index contributed by atoms with van der Waals surface area (Å²) in [6, 6.07) is 1.88. The Hall–Kier alpha value is -1.50. The third-order valence-corrected chi connectivity index (χ3v) is 2.48. The van der Waals surface area contributed by atoms with Crippen molar-refractivity contribution in [1.82, 2.24) is 4.98 Å². The quantitative estimate of drug-likeness (QED) is 0.808. The van der Waals surface area contributed by atoms with Crippen molar-refractivity contribution in [3.8, 4) is 0 Å².